The molecule has 0 unspecified atom stereocenters. The maximum absolute atomic E-state index is 13.6. The van der Waals surface area contributed by atoms with Gasteiger partial charge in [0.05, 0.1) is 4.90 Å². The second-order valence-corrected chi connectivity index (χ2v) is 10.3. The molecule has 3 aromatic carbocycles. The Hall–Kier alpha value is -3.56. The van der Waals surface area contributed by atoms with Gasteiger partial charge in [-0.05, 0) is 54.3 Å². The predicted molar refractivity (Wildman–Crippen MR) is 140 cm³/mol. The highest BCUT2D eigenvalue weighted by atomic mass is 32.2. The summed E-state index contributed by atoms with van der Waals surface area (Å²) in [6.07, 6.45) is 0.459. The van der Waals surface area contributed by atoms with E-state index >= 15 is 0 Å². The van der Waals surface area contributed by atoms with Crippen molar-refractivity contribution in [2.45, 2.75) is 44.2 Å². The lowest BCUT2D eigenvalue weighted by Crippen LogP contribution is -2.43. The number of hydrogen-bond donors (Lipinski definition) is 2. The molecule has 1 atom stereocenters. The zero-order valence-corrected chi connectivity index (χ0v) is 21.8. The van der Waals surface area contributed by atoms with E-state index in [0.29, 0.717) is 24.1 Å². The van der Waals surface area contributed by atoms with Crippen LogP contribution in [0.15, 0.2) is 83.8 Å². The van der Waals surface area contributed by atoms with Crippen molar-refractivity contribution in [2.75, 3.05) is 13.1 Å². The van der Waals surface area contributed by atoms with Gasteiger partial charge in [0, 0.05) is 26.1 Å². The van der Waals surface area contributed by atoms with Gasteiger partial charge in [0.25, 0.3) is 0 Å². The van der Waals surface area contributed by atoms with E-state index in [1.165, 1.54) is 29.2 Å². The summed E-state index contributed by atoms with van der Waals surface area (Å²) in [5.74, 6) is -0.944. The van der Waals surface area contributed by atoms with E-state index in [1.807, 2.05) is 25.1 Å². The third-order valence-corrected chi connectivity index (χ3v) is 7.37. The summed E-state index contributed by atoms with van der Waals surface area (Å²) in [6.45, 7) is 4.33. The second kappa shape index (κ2) is 13.1. The number of aryl methyl sites for hydroxylation is 1. The van der Waals surface area contributed by atoms with Gasteiger partial charge in [-0.15, -0.1) is 0 Å². The minimum atomic E-state index is -3.56. The number of likely N-dealkylation sites (N-methyl/N-ethyl adjacent to an activating group) is 1. The van der Waals surface area contributed by atoms with E-state index in [9.17, 15) is 22.4 Å². The van der Waals surface area contributed by atoms with Gasteiger partial charge < -0.3 is 10.2 Å². The van der Waals surface area contributed by atoms with E-state index in [1.54, 1.807) is 43.3 Å². The van der Waals surface area contributed by atoms with E-state index in [2.05, 4.69) is 10.0 Å². The first-order valence-corrected chi connectivity index (χ1v) is 13.7. The highest BCUT2D eigenvalue weighted by Crippen LogP contribution is 2.25. The summed E-state index contributed by atoms with van der Waals surface area (Å²) in [5, 5.41) is 2.82. The number of carbonyl (C=O) groups excluding carboxylic acids is 2. The monoisotopic (exact) mass is 525 g/mol. The van der Waals surface area contributed by atoms with Crippen molar-refractivity contribution in [3.63, 3.8) is 0 Å². The van der Waals surface area contributed by atoms with Crippen molar-refractivity contribution in [1.82, 2.24) is 14.9 Å². The molecule has 9 heteroatoms. The highest BCUT2D eigenvalue weighted by Gasteiger charge is 2.31. The zero-order valence-electron chi connectivity index (χ0n) is 21.0. The molecule has 0 spiro atoms. The third-order valence-electron chi connectivity index (χ3n) is 5.81. The molecular formula is C28H32FN3O4S. The van der Waals surface area contributed by atoms with Crippen LogP contribution in [0.4, 0.5) is 4.39 Å². The average molecular weight is 526 g/mol. The van der Waals surface area contributed by atoms with Crippen molar-refractivity contribution in [3.05, 3.63) is 101 Å². The van der Waals surface area contributed by atoms with Crippen LogP contribution in [0.5, 0.6) is 0 Å². The summed E-state index contributed by atoms with van der Waals surface area (Å²) in [6, 6.07) is 20.4. The van der Waals surface area contributed by atoms with Crippen molar-refractivity contribution >= 4 is 21.8 Å². The summed E-state index contributed by atoms with van der Waals surface area (Å²) in [7, 11) is -3.56. The first-order chi connectivity index (χ1) is 17.7. The van der Waals surface area contributed by atoms with E-state index in [0.717, 1.165) is 5.56 Å². The van der Waals surface area contributed by atoms with Crippen molar-refractivity contribution in [1.29, 1.82) is 0 Å². The standard InChI is InChI=1S/C28H32FN3O4S/c1-3-30-28(34)27(23-8-6-5-7-9-23)32(20-22-10-15-24(29)16-11-22)26(33)19-14-21-12-17-25(18-13-21)37(35,36)31-4-2/h5-13,15-18,27,31H,3-4,14,19-20H2,1-2H3,(H,30,34)/t27-/m1/s1. The quantitative estimate of drug-likeness (QED) is 0.374. The lowest BCUT2D eigenvalue weighted by molar-refractivity contribution is -0.141. The number of rotatable bonds is 12. The maximum atomic E-state index is 13.6. The fraction of sp³-hybridized carbons (Fsp3) is 0.286. The van der Waals surface area contributed by atoms with Crippen LogP contribution in [0.1, 0.15) is 43.0 Å². The van der Waals surface area contributed by atoms with Crippen LogP contribution in [0.3, 0.4) is 0 Å². The number of nitrogens with zero attached hydrogens (tertiary/aromatic N) is 1. The molecule has 0 aromatic heterocycles. The third kappa shape index (κ3) is 7.71. The first-order valence-electron chi connectivity index (χ1n) is 12.2. The SMILES string of the molecule is CCNC(=O)[C@@H](c1ccccc1)N(Cc1ccc(F)cc1)C(=O)CCc1ccc(S(=O)(=O)NCC)cc1. The Bertz CT molecular complexity index is 1280. The van der Waals surface area contributed by atoms with Crippen molar-refractivity contribution < 1.29 is 22.4 Å². The lowest BCUT2D eigenvalue weighted by Gasteiger charge is -2.31. The Labute approximate surface area is 217 Å². The fourth-order valence-corrected chi connectivity index (χ4v) is 5.03. The molecule has 0 saturated carbocycles. The van der Waals surface area contributed by atoms with E-state index in [-0.39, 0.29) is 42.0 Å². The molecule has 0 bridgehead atoms. The highest BCUT2D eigenvalue weighted by molar-refractivity contribution is 7.89. The largest absolute Gasteiger partial charge is 0.354 e. The lowest BCUT2D eigenvalue weighted by atomic mass is 10.0. The smallest absolute Gasteiger partial charge is 0.247 e. The number of nitrogens with one attached hydrogen (secondary N) is 2. The summed E-state index contributed by atoms with van der Waals surface area (Å²) >= 11 is 0. The summed E-state index contributed by atoms with van der Waals surface area (Å²) < 4.78 is 40.3. The molecule has 196 valence electrons. The van der Waals surface area contributed by atoms with Crippen LogP contribution in [0, 0.1) is 5.82 Å². The van der Waals surface area contributed by atoms with E-state index < -0.39 is 16.1 Å². The molecule has 0 fully saturated rings. The molecule has 7 nitrogen and oxygen atoms in total. The molecule has 0 aliphatic rings. The Morgan fingerprint density at radius 3 is 2.08 bits per heavy atom. The Morgan fingerprint density at radius 1 is 0.865 bits per heavy atom. The molecule has 0 saturated heterocycles. The molecular weight excluding hydrogens is 493 g/mol. The van der Waals surface area contributed by atoms with Gasteiger partial charge in [-0.2, -0.15) is 0 Å². The molecule has 2 N–H and O–H groups in total. The maximum Gasteiger partial charge on any atom is 0.247 e. The minimum absolute atomic E-state index is 0.100. The molecule has 2 amide bonds. The van der Waals surface area contributed by atoms with E-state index in [4.69, 9.17) is 0 Å². The molecule has 3 rings (SSSR count). The Balaban J connectivity index is 1.86. The van der Waals surface area contributed by atoms with Gasteiger partial charge >= 0.3 is 0 Å². The first kappa shape index (κ1) is 28.0. The predicted octanol–water partition coefficient (Wildman–Crippen LogP) is 3.96. The Morgan fingerprint density at radius 2 is 1.49 bits per heavy atom. The average Bonchev–Trinajstić information content (AvgIpc) is 2.89. The van der Waals surface area contributed by atoms with Gasteiger partial charge in [-0.25, -0.2) is 17.5 Å². The van der Waals surface area contributed by atoms with Crippen LogP contribution < -0.4 is 10.0 Å². The molecule has 0 heterocycles. The summed E-state index contributed by atoms with van der Waals surface area (Å²) in [5.41, 5.74) is 2.15. The normalized spacial score (nSPS) is 12.1. The number of benzene rings is 3. The van der Waals surface area contributed by atoms with Gasteiger partial charge in [-0.1, -0.05) is 61.5 Å². The number of amides is 2. The van der Waals surface area contributed by atoms with Gasteiger partial charge in [0.2, 0.25) is 21.8 Å². The van der Waals surface area contributed by atoms with Crippen LogP contribution in [-0.2, 0) is 32.6 Å². The van der Waals surface area contributed by atoms with Gasteiger partial charge in [0.1, 0.15) is 11.9 Å². The van der Waals surface area contributed by atoms with Crippen LogP contribution in [0.25, 0.3) is 0 Å². The summed E-state index contributed by atoms with van der Waals surface area (Å²) in [4.78, 5) is 28.4. The molecule has 0 radical (unpaired) electrons. The molecule has 0 aliphatic carbocycles. The zero-order chi connectivity index (χ0) is 26.8. The topological polar surface area (TPSA) is 95.6 Å². The van der Waals surface area contributed by atoms with Crippen LogP contribution in [-0.4, -0.2) is 38.2 Å². The minimum Gasteiger partial charge on any atom is -0.354 e. The van der Waals surface area contributed by atoms with Crippen LogP contribution >= 0.6 is 0 Å². The van der Waals surface area contributed by atoms with Gasteiger partial charge in [-0.3, -0.25) is 9.59 Å². The fourth-order valence-electron chi connectivity index (χ4n) is 3.99. The number of carbonyl (C=O) groups is 2. The van der Waals surface area contributed by atoms with Crippen LogP contribution in [0.2, 0.25) is 0 Å². The van der Waals surface area contributed by atoms with Crippen molar-refractivity contribution in [3.8, 4) is 0 Å². The molecule has 0 aliphatic heterocycles. The van der Waals surface area contributed by atoms with Gasteiger partial charge in [0.15, 0.2) is 0 Å². The second-order valence-electron chi connectivity index (χ2n) is 8.50. The number of sulfonamides is 1. The molecule has 37 heavy (non-hydrogen) atoms. The van der Waals surface area contributed by atoms with Crippen molar-refractivity contribution in [2.24, 2.45) is 0 Å². The molecule has 3 aromatic rings. The Kier molecular flexibility index (Phi) is 9.93. The number of halogens is 1. The number of hydrogen-bond acceptors (Lipinski definition) is 4.